The van der Waals surface area contributed by atoms with Crippen LogP contribution in [-0.2, 0) is 13.0 Å². The van der Waals surface area contributed by atoms with Gasteiger partial charge in [-0.25, -0.2) is 4.79 Å². The van der Waals surface area contributed by atoms with Crippen molar-refractivity contribution in [3.05, 3.63) is 98.5 Å². The third-order valence-corrected chi connectivity index (χ3v) is 5.20. The Morgan fingerprint density at radius 1 is 0.897 bits per heavy atom. The summed E-state index contributed by atoms with van der Waals surface area (Å²) in [6.45, 7) is 0.0889. The van der Waals surface area contributed by atoms with Gasteiger partial charge in [0.2, 0.25) is 5.91 Å². The molecule has 0 atom stereocenters. The zero-order chi connectivity index (χ0) is 21.0. The van der Waals surface area contributed by atoms with Crippen LogP contribution >= 0.6 is 23.2 Å². The smallest absolute Gasteiger partial charge is 0.335 e. The van der Waals surface area contributed by atoms with Gasteiger partial charge in [-0.15, -0.1) is 0 Å². The van der Waals surface area contributed by atoms with Crippen LogP contribution < -0.4 is 10.5 Å². The number of benzene rings is 3. The van der Waals surface area contributed by atoms with E-state index in [1.54, 1.807) is 54.6 Å². The van der Waals surface area contributed by atoms with Gasteiger partial charge < -0.3 is 15.6 Å². The van der Waals surface area contributed by atoms with Gasteiger partial charge in [-0.05, 0) is 35.4 Å². The number of amides is 1. The molecule has 3 aromatic rings. The maximum Gasteiger partial charge on any atom is 0.335 e. The average Bonchev–Trinajstić information content (AvgIpc) is 2.71. The maximum absolute atomic E-state index is 11.6. The summed E-state index contributed by atoms with van der Waals surface area (Å²) in [6.07, 6.45) is 0.231. The summed E-state index contributed by atoms with van der Waals surface area (Å²) in [6, 6.07) is 16.8. The fourth-order valence-electron chi connectivity index (χ4n) is 2.97. The predicted octanol–water partition coefficient (Wildman–Crippen LogP) is 4.96. The highest BCUT2D eigenvalue weighted by molar-refractivity contribution is 6.37. The first kappa shape index (κ1) is 20.7. The van der Waals surface area contributed by atoms with Crippen LogP contribution in [-0.4, -0.2) is 17.0 Å². The molecular formula is C22H17Cl2NO4. The van der Waals surface area contributed by atoms with E-state index in [-0.39, 0.29) is 23.6 Å². The van der Waals surface area contributed by atoms with E-state index >= 15 is 0 Å². The molecule has 0 fully saturated rings. The molecule has 29 heavy (non-hydrogen) atoms. The first-order valence-electron chi connectivity index (χ1n) is 8.67. The summed E-state index contributed by atoms with van der Waals surface area (Å²) in [5.74, 6) is -1.20. The van der Waals surface area contributed by atoms with E-state index in [4.69, 9.17) is 33.7 Å². The largest absolute Gasteiger partial charge is 0.487 e. The molecule has 0 bridgehead atoms. The molecule has 7 heteroatoms. The number of primary amides is 1. The van der Waals surface area contributed by atoms with Crippen molar-refractivity contribution < 1.29 is 19.4 Å². The molecule has 0 unspecified atom stereocenters. The van der Waals surface area contributed by atoms with Crippen LogP contribution in [0.4, 0.5) is 0 Å². The predicted molar refractivity (Wildman–Crippen MR) is 112 cm³/mol. The lowest BCUT2D eigenvalue weighted by atomic mass is 9.99. The molecule has 0 aliphatic rings. The fourth-order valence-corrected chi connectivity index (χ4v) is 3.52. The Morgan fingerprint density at radius 2 is 1.52 bits per heavy atom. The van der Waals surface area contributed by atoms with Gasteiger partial charge in [-0.1, -0.05) is 59.6 Å². The van der Waals surface area contributed by atoms with E-state index < -0.39 is 11.9 Å². The van der Waals surface area contributed by atoms with Gasteiger partial charge in [0, 0.05) is 22.6 Å². The second kappa shape index (κ2) is 8.99. The number of carboxylic acid groups (broad SMARTS) is 1. The summed E-state index contributed by atoms with van der Waals surface area (Å²) in [5, 5.41) is 10.1. The van der Waals surface area contributed by atoms with Gasteiger partial charge in [0.1, 0.15) is 12.4 Å². The van der Waals surface area contributed by atoms with Crippen LogP contribution in [0.2, 0.25) is 10.0 Å². The Bertz CT molecular complexity index is 1080. The van der Waals surface area contributed by atoms with E-state index in [0.717, 1.165) is 0 Å². The minimum absolute atomic E-state index is 0.0889. The first-order valence-corrected chi connectivity index (χ1v) is 9.42. The molecule has 0 spiro atoms. The number of carbonyl (C=O) groups is 2. The van der Waals surface area contributed by atoms with Gasteiger partial charge in [0.15, 0.2) is 0 Å². The number of hydrogen-bond acceptors (Lipinski definition) is 3. The minimum Gasteiger partial charge on any atom is -0.487 e. The second-order valence-electron chi connectivity index (χ2n) is 6.29. The van der Waals surface area contributed by atoms with Gasteiger partial charge in [-0.2, -0.15) is 0 Å². The van der Waals surface area contributed by atoms with Gasteiger partial charge in [0.25, 0.3) is 0 Å². The van der Waals surface area contributed by atoms with Crippen molar-refractivity contribution in [3.63, 3.8) is 0 Å². The lowest BCUT2D eigenvalue weighted by Gasteiger charge is -2.15. The van der Waals surface area contributed by atoms with Crippen LogP contribution in [0.1, 0.15) is 37.4 Å². The SMILES string of the molecule is NC(=O)c1ccccc1COc1ccc(Cl)c(Cc2ccccc2C(=O)O)c1Cl. The normalized spacial score (nSPS) is 10.6. The Balaban J connectivity index is 1.89. The molecule has 0 radical (unpaired) electrons. The van der Waals surface area contributed by atoms with Crippen LogP contribution in [0.3, 0.4) is 0 Å². The first-order chi connectivity index (χ1) is 13.9. The summed E-state index contributed by atoms with van der Waals surface area (Å²) >= 11 is 12.8. The Kier molecular flexibility index (Phi) is 6.42. The number of hydrogen-bond donors (Lipinski definition) is 2. The molecule has 0 saturated carbocycles. The van der Waals surface area contributed by atoms with Crippen molar-refractivity contribution in [2.45, 2.75) is 13.0 Å². The topological polar surface area (TPSA) is 89.6 Å². The summed E-state index contributed by atoms with van der Waals surface area (Å²) < 4.78 is 5.81. The molecule has 3 N–H and O–H groups in total. The van der Waals surface area contributed by atoms with E-state index in [2.05, 4.69) is 0 Å². The highest BCUT2D eigenvalue weighted by Gasteiger charge is 2.17. The van der Waals surface area contributed by atoms with E-state index in [1.165, 1.54) is 6.07 Å². The number of nitrogens with two attached hydrogens (primary N) is 1. The highest BCUT2D eigenvalue weighted by Crippen LogP contribution is 2.36. The van der Waals surface area contributed by atoms with Crippen molar-refractivity contribution in [2.75, 3.05) is 0 Å². The molecule has 5 nitrogen and oxygen atoms in total. The number of aromatic carboxylic acids is 1. The van der Waals surface area contributed by atoms with Crippen molar-refractivity contribution in [3.8, 4) is 5.75 Å². The molecule has 3 rings (SSSR count). The third kappa shape index (κ3) is 4.70. The number of rotatable bonds is 7. The standard InChI is InChI=1S/C22H17Cl2NO4/c23-18-9-10-19(29-12-14-6-2-3-7-15(14)21(25)26)20(24)17(18)11-13-5-1-4-8-16(13)22(27)28/h1-10H,11-12H2,(H2,25,26)(H,27,28). The van der Waals surface area contributed by atoms with Crippen molar-refractivity contribution >= 4 is 35.1 Å². The summed E-state index contributed by atoms with van der Waals surface area (Å²) in [7, 11) is 0. The summed E-state index contributed by atoms with van der Waals surface area (Å²) in [4.78, 5) is 23.0. The molecule has 0 saturated heterocycles. The Morgan fingerprint density at radius 3 is 2.17 bits per heavy atom. The van der Waals surface area contributed by atoms with Crippen LogP contribution in [0.15, 0.2) is 60.7 Å². The lowest BCUT2D eigenvalue weighted by molar-refractivity contribution is 0.0695. The van der Waals surface area contributed by atoms with Crippen LogP contribution in [0.25, 0.3) is 0 Å². The molecule has 0 heterocycles. The molecule has 0 aliphatic heterocycles. The zero-order valence-corrected chi connectivity index (χ0v) is 16.7. The summed E-state index contributed by atoms with van der Waals surface area (Å²) in [5.41, 5.74) is 7.72. The molecule has 0 aromatic heterocycles. The van der Waals surface area contributed by atoms with Gasteiger partial charge in [0.05, 0.1) is 10.6 Å². The van der Waals surface area contributed by atoms with Gasteiger partial charge >= 0.3 is 5.97 Å². The van der Waals surface area contributed by atoms with Crippen LogP contribution in [0, 0.1) is 0 Å². The highest BCUT2D eigenvalue weighted by atomic mass is 35.5. The average molecular weight is 430 g/mol. The number of carbonyl (C=O) groups excluding carboxylic acids is 1. The van der Waals surface area contributed by atoms with E-state index in [9.17, 15) is 14.7 Å². The number of carboxylic acids is 1. The minimum atomic E-state index is -1.02. The molecule has 1 amide bonds. The fraction of sp³-hybridized carbons (Fsp3) is 0.0909. The zero-order valence-electron chi connectivity index (χ0n) is 15.2. The number of ether oxygens (including phenoxy) is 1. The molecule has 148 valence electrons. The lowest BCUT2D eigenvalue weighted by Crippen LogP contribution is -2.14. The maximum atomic E-state index is 11.6. The molecule has 0 aliphatic carbocycles. The number of halogens is 2. The second-order valence-corrected chi connectivity index (χ2v) is 7.07. The quantitative estimate of drug-likeness (QED) is 0.555. The Labute approximate surface area is 177 Å². The third-order valence-electron chi connectivity index (χ3n) is 4.43. The van der Waals surface area contributed by atoms with Gasteiger partial charge in [-0.3, -0.25) is 4.79 Å². The molecular weight excluding hydrogens is 413 g/mol. The van der Waals surface area contributed by atoms with E-state index in [1.807, 2.05) is 0 Å². The van der Waals surface area contributed by atoms with Crippen LogP contribution in [0.5, 0.6) is 5.75 Å². The molecule has 3 aromatic carbocycles. The van der Waals surface area contributed by atoms with Crippen molar-refractivity contribution in [2.24, 2.45) is 5.73 Å². The monoisotopic (exact) mass is 429 g/mol. The van der Waals surface area contributed by atoms with E-state index in [0.29, 0.717) is 33.0 Å². The van der Waals surface area contributed by atoms with Crippen molar-refractivity contribution in [1.29, 1.82) is 0 Å². The van der Waals surface area contributed by atoms with Crippen molar-refractivity contribution in [1.82, 2.24) is 0 Å². The Hall–Kier alpha value is -3.02.